The summed E-state index contributed by atoms with van der Waals surface area (Å²) in [6.07, 6.45) is 2.62. The van der Waals surface area contributed by atoms with Crippen LogP contribution < -0.4 is 5.32 Å². The zero-order valence-electron chi connectivity index (χ0n) is 13.6. The molecule has 120 valence electrons. The number of fused-ring (bicyclic) bond motifs is 1. The second-order valence-electron chi connectivity index (χ2n) is 6.28. The number of hydrogen-bond donors (Lipinski definition) is 1. The fourth-order valence-corrected chi connectivity index (χ4v) is 2.62. The van der Waals surface area contributed by atoms with E-state index < -0.39 is 0 Å². The number of nitrogens with zero attached hydrogens (tertiary/aromatic N) is 3. The van der Waals surface area contributed by atoms with Gasteiger partial charge >= 0.3 is 6.03 Å². The highest BCUT2D eigenvalue weighted by Gasteiger charge is 2.22. The molecule has 0 atom stereocenters. The maximum atomic E-state index is 12.2. The molecule has 2 aromatic rings. The monoisotopic (exact) mass is 310 g/mol. The fourth-order valence-electron chi connectivity index (χ4n) is 2.62. The van der Waals surface area contributed by atoms with Gasteiger partial charge in [-0.3, -0.25) is 0 Å². The van der Waals surface area contributed by atoms with Crippen LogP contribution in [0.3, 0.4) is 0 Å². The normalized spacial score (nSPS) is 13.8. The maximum absolute atomic E-state index is 12.2. The number of hydrogen-bond acceptors (Lipinski definition) is 3. The van der Waals surface area contributed by atoms with Gasteiger partial charge in [-0.05, 0) is 5.92 Å². The molecule has 1 aromatic heterocycles. The number of amides is 2. The Bertz CT molecular complexity index is 685. The summed E-state index contributed by atoms with van der Waals surface area (Å²) in [5.41, 5.74) is 3.11. The molecule has 5 heteroatoms. The molecule has 1 aliphatic rings. The molecule has 0 fully saturated rings. The molecule has 0 radical (unpaired) electrons. The molecule has 1 aromatic carbocycles. The van der Waals surface area contributed by atoms with Gasteiger partial charge in [0, 0.05) is 36.8 Å². The SMILES string of the molecule is CC(C)CNC(=O)N1CCc2nc(-c3ccccc3)ncc2C1. The van der Waals surface area contributed by atoms with Crippen molar-refractivity contribution in [1.82, 2.24) is 20.2 Å². The van der Waals surface area contributed by atoms with Crippen molar-refractivity contribution in [3.63, 3.8) is 0 Å². The molecule has 0 aliphatic carbocycles. The zero-order valence-corrected chi connectivity index (χ0v) is 13.6. The van der Waals surface area contributed by atoms with E-state index in [-0.39, 0.29) is 6.03 Å². The molecule has 3 rings (SSSR count). The lowest BCUT2D eigenvalue weighted by molar-refractivity contribution is 0.190. The number of carbonyl (C=O) groups excluding carboxylic acids is 1. The van der Waals surface area contributed by atoms with Crippen molar-refractivity contribution in [2.75, 3.05) is 13.1 Å². The predicted molar refractivity (Wildman–Crippen MR) is 89.8 cm³/mol. The molecule has 0 spiro atoms. The largest absolute Gasteiger partial charge is 0.338 e. The third-order valence-corrected chi connectivity index (χ3v) is 3.91. The van der Waals surface area contributed by atoms with Crippen LogP contribution in [-0.4, -0.2) is 34.0 Å². The van der Waals surface area contributed by atoms with Crippen molar-refractivity contribution in [3.05, 3.63) is 47.8 Å². The van der Waals surface area contributed by atoms with E-state index in [4.69, 9.17) is 0 Å². The summed E-state index contributed by atoms with van der Waals surface area (Å²) < 4.78 is 0. The lowest BCUT2D eigenvalue weighted by Gasteiger charge is -2.28. The van der Waals surface area contributed by atoms with Crippen molar-refractivity contribution in [2.45, 2.75) is 26.8 Å². The van der Waals surface area contributed by atoms with Crippen LogP contribution in [0.4, 0.5) is 4.79 Å². The molecule has 0 unspecified atom stereocenters. The van der Waals surface area contributed by atoms with Crippen LogP contribution in [0.25, 0.3) is 11.4 Å². The van der Waals surface area contributed by atoms with Gasteiger partial charge in [0.15, 0.2) is 5.82 Å². The summed E-state index contributed by atoms with van der Waals surface area (Å²) in [5, 5.41) is 2.97. The Morgan fingerprint density at radius 1 is 1.30 bits per heavy atom. The van der Waals surface area contributed by atoms with Crippen LogP contribution in [0.1, 0.15) is 25.1 Å². The first-order chi connectivity index (χ1) is 11.1. The summed E-state index contributed by atoms with van der Waals surface area (Å²) in [6.45, 7) is 6.15. The van der Waals surface area contributed by atoms with E-state index in [1.54, 1.807) is 0 Å². The Hall–Kier alpha value is -2.43. The van der Waals surface area contributed by atoms with Gasteiger partial charge in [0.05, 0.1) is 12.2 Å². The number of carbonyl (C=O) groups is 1. The first-order valence-electron chi connectivity index (χ1n) is 8.06. The molecule has 0 saturated carbocycles. The molecule has 1 aliphatic heterocycles. The Kier molecular flexibility index (Phi) is 4.55. The summed E-state index contributed by atoms with van der Waals surface area (Å²) in [5.74, 6) is 1.20. The lowest BCUT2D eigenvalue weighted by Crippen LogP contribution is -2.44. The zero-order chi connectivity index (χ0) is 16.2. The highest BCUT2D eigenvalue weighted by atomic mass is 16.2. The third-order valence-electron chi connectivity index (χ3n) is 3.91. The smallest absolute Gasteiger partial charge is 0.317 e. The summed E-state index contributed by atoms with van der Waals surface area (Å²) in [4.78, 5) is 23.1. The Balaban J connectivity index is 1.72. The number of rotatable bonds is 3. The van der Waals surface area contributed by atoms with Crippen LogP contribution in [-0.2, 0) is 13.0 Å². The molecular formula is C18H22N4O. The van der Waals surface area contributed by atoms with Crippen molar-refractivity contribution >= 4 is 6.03 Å². The minimum absolute atomic E-state index is 0.00325. The first kappa shape index (κ1) is 15.5. The van der Waals surface area contributed by atoms with Gasteiger partial charge in [0.25, 0.3) is 0 Å². The van der Waals surface area contributed by atoms with E-state index >= 15 is 0 Å². The van der Waals surface area contributed by atoms with E-state index in [1.165, 1.54) is 0 Å². The number of nitrogens with one attached hydrogen (secondary N) is 1. The predicted octanol–water partition coefficient (Wildman–Crippen LogP) is 2.87. The number of benzene rings is 1. The number of aromatic nitrogens is 2. The second-order valence-corrected chi connectivity index (χ2v) is 6.28. The average molecular weight is 310 g/mol. The molecule has 2 heterocycles. The van der Waals surface area contributed by atoms with Gasteiger partial charge < -0.3 is 10.2 Å². The van der Waals surface area contributed by atoms with Crippen LogP contribution in [0.2, 0.25) is 0 Å². The number of urea groups is 1. The van der Waals surface area contributed by atoms with E-state index in [0.717, 1.165) is 29.1 Å². The van der Waals surface area contributed by atoms with Crippen LogP contribution in [0, 0.1) is 5.92 Å². The molecule has 1 N–H and O–H groups in total. The molecule has 0 bridgehead atoms. The molecule has 2 amide bonds. The molecule has 5 nitrogen and oxygen atoms in total. The topological polar surface area (TPSA) is 58.1 Å². The van der Waals surface area contributed by atoms with Gasteiger partial charge in [-0.25, -0.2) is 14.8 Å². The molecular weight excluding hydrogens is 288 g/mol. The molecule has 23 heavy (non-hydrogen) atoms. The van der Waals surface area contributed by atoms with Crippen molar-refractivity contribution < 1.29 is 4.79 Å². The third kappa shape index (κ3) is 3.67. The van der Waals surface area contributed by atoms with Crippen LogP contribution >= 0.6 is 0 Å². The quantitative estimate of drug-likeness (QED) is 0.948. The van der Waals surface area contributed by atoms with Crippen molar-refractivity contribution in [2.24, 2.45) is 5.92 Å². The average Bonchev–Trinajstić information content (AvgIpc) is 2.59. The fraction of sp³-hybridized carbons (Fsp3) is 0.389. The minimum Gasteiger partial charge on any atom is -0.338 e. The summed E-state index contributed by atoms with van der Waals surface area (Å²) in [6, 6.07) is 9.97. The second kappa shape index (κ2) is 6.77. The van der Waals surface area contributed by atoms with E-state index in [0.29, 0.717) is 25.6 Å². The van der Waals surface area contributed by atoms with Gasteiger partial charge in [0.2, 0.25) is 0 Å². The Labute approximate surface area is 136 Å². The van der Waals surface area contributed by atoms with E-state index in [9.17, 15) is 4.79 Å². The van der Waals surface area contributed by atoms with Gasteiger partial charge in [0.1, 0.15) is 0 Å². The highest BCUT2D eigenvalue weighted by Crippen LogP contribution is 2.20. The van der Waals surface area contributed by atoms with E-state index in [1.807, 2.05) is 41.4 Å². The van der Waals surface area contributed by atoms with Crippen LogP contribution in [0.15, 0.2) is 36.5 Å². The Morgan fingerprint density at radius 3 is 2.83 bits per heavy atom. The standard InChI is InChI=1S/C18H22N4O/c1-13(2)10-20-18(23)22-9-8-16-15(12-22)11-19-17(21-16)14-6-4-3-5-7-14/h3-7,11,13H,8-10,12H2,1-2H3,(H,20,23). The van der Waals surface area contributed by atoms with Crippen molar-refractivity contribution in [3.8, 4) is 11.4 Å². The minimum atomic E-state index is -0.00325. The molecule has 0 saturated heterocycles. The lowest BCUT2D eigenvalue weighted by atomic mass is 10.1. The first-order valence-corrected chi connectivity index (χ1v) is 8.06. The van der Waals surface area contributed by atoms with Crippen LogP contribution in [0.5, 0.6) is 0 Å². The van der Waals surface area contributed by atoms with Crippen molar-refractivity contribution in [1.29, 1.82) is 0 Å². The summed E-state index contributed by atoms with van der Waals surface area (Å²) in [7, 11) is 0. The maximum Gasteiger partial charge on any atom is 0.317 e. The Morgan fingerprint density at radius 2 is 2.09 bits per heavy atom. The summed E-state index contributed by atoms with van der Waals surface area (Å²) >= 11 is 0. The van der Waals surface area contributed by atoms with E-state index in [2.05, 4.69) is 29.1 Å². The van der Waals surface area contributed by atoms with Gasteiger partial charge in [-0.1, -0.05) is 44.2 Å². The van der Waals surface area contributed by atoms with Gasteiger partial charge in [-0.15, -0.1) is 0 Å². The van der Waals surface area contributed by atoms with Gasteiger partial charge in [-0.2, -0.15) is 0 Å². The highest BCUT2D eigenvalue weighted by molar-refractivity contribution is 5.74.